The molecular formula is C15H21NO2. The van der Waals surface area contributed by atoms with Gasteiger partial charge in [0, 0.05) is 6.42 Å². The Kier molecular flexibility index (Phi) is 3.64. The van der Waals surface area contributed by atoms with Crippen molar-refractivity contribution in [2.24, 2.45) is 0 Å². The Labute approximate surface area is 108 Å². The van der Waals surface area contributed by atoms with E-state index in [1.807, 2.05) is 6.07 Å². The quantitative estimate of drug-likeness (QED) is 0.887. The molecule has 0 aromatic heterocycles. The van der Waals surface area contributed by atoms with Crippen molar-refractivity contribution in [3.8, 4) is 0 Å². The summed E-state index contributed by atoms with van der Waals surface area (Å²) in [6.45, 7) is 3.60. The average molecular weight is 247 g/mol. The van der Waals surface area contributed by atoms with E-state index >= 15 is 0 Å². The average Bonchev–Trinajstić information content (AvgIpc) is 2.82. The molecule has 2 aliphatic heterocycles. The standard InChI is InChI=1S/C15H21NO2/c1-2-4-13(5-3-1)11-17-14-10-15(18-12-14)6-8-16-9-7-15/h1-5,14,16H,6-12H2/t14-/m1/s1. The molecule has 0 unspecified atom stereocenters. The summed E-state index contributed by atoms with van der Waals surface area (Å²) in [5.74, 6) is 0. The van der Waals surface area contributed by atoms with E-state index in [4.69, 9.17) is 9.47 Å². The van der Waals surface area contributed by atoms with Gasteiger partial charge in [-0.15, -0.1) is 0 Å². The lowest BCUT2D eigenvalue weighted by atomic mass is 9.89. The minimum atomic E-state index is 0.104. The van der Waals surface area contributed by atoms with E-state index in [0.717, 1.165) is 39.0 Å². The molecule has 18 heavy (non-hydrogen) atoms. The summed E-state index contributed by atoms with van der Waals surface area (Å²) in [5, 5.41) is 3.39. The summed E-state index contributed by atoms with van der Waals surface area (Å²) in [6.07, 6.45) is 3.57. The molecule has 3 heteroatoms. The molecular weight excluding hydrogens is 226 g/mol. The molecule has 2 saturated heterocycles. The first kappa shape index (κ1) is 12.2. The summed E-state index contributed by atoms with van der Waals surface area (Å²) >= 11 is 0. The Morgan fingerprint density at radius 3 is 2.78 bits per heavy atom. The highest BCUT2D eigenvalue weighted by Gasteiger charge is 2.41. The number of benzene rings is 1. The molecule has 0 amide bonds. The van der Waals surface area contributed by atoms with E-state index in [1.54, 1.807) is 0 Å². The first-order chi connectivity index (χ1) is 8.86. The van der Waals surface area contributed by atoms with Gasteiger partial charge >= 0.3 is 0 Å². The molecule has 2 aliphatic rings. The van der Waals surface area contributed by atoms with E-state index in [9.17, 15) is 0 Å². The van der Waals surface area contributed by atoms with Gasteiger partial charge in [-0.1, -0.05) is 30.3 Å². The molecule has 1 N–H and O–H groups in total. The summed E-state index contributed by atoms with van der Waals surface area (Å²) < 4.78 is 12.0. The number of rotatable bonds is 3. The second-order valence-electron chi connectivity index (χ2n) is 5.37. The molecule has 0 bridgehead atoms. The normalized spacial score (nSPS) is 26.6. The first-order valence-electron chi connectivity index (χ1n) is 6.87. The van der Waals surface area contributed by atoms with Crippen molar-refractivity contribution in [2.45, 2.75) is 37.6 Å². The molecule has 0 saturated carbocycles. The van der Waals surface area contributed by atoms with Gasteiger partial charge in [0.25, 0.3) is 0 Å². The van der Waals surface area contributed by atoms with E-state index in [1.165, 1.54) is 5.56 Å². The topological polar surface area (TPSA) is 30.5 Å². The van der Waals surface area contributed by atoms with Gasteiger partial charge in [0.05, 0.1) is 24.9 Å². The summed E-state index contributed by atoms with van der Waals surface area (Å²) in [5.41, 5.74) is 1.34. The van der Waals surface area contributed by atoms with Crippen LogP contribution in [0.3, 0.4) is 0 Å². The fourth-order valence-electron chi connectivity index (χ4n) is 2.93. The molecule has 0 aliphatic carbocycles. The van der Waals surface area contributed by atoms with Crippen molar-refractivity contribution in [3.63, 3.8) is 0 Å². The molecule has 1 spiro atoms. The van der Waals surface area contributed by atoms with Crippen molar-refractivity contribution in [2.75, 3.05) is 19.7 Å². The molecule has 2 fully saturated rings. The Hall–Kier alpha value is -0.900. The minimum Gasteiger partial charge on any atom is -0.372 e. The van der Waals surface area contributed by atoms with Gasteiger partial charge in [0.1, 0.15) is 0 Å². The third-order valence-electron chi connectivity index (χ3n) is 4.02. The molecule has 1 aromatic rings. The molecule has 0 radical (unpaired) electrons. The summed E-state index contributed by atoms with van der Waals surface area (Å²) in [7, 11) is 0. The number of piperidine rings is 1. The van der Waals surface area contributed by atoms with Gasteiger partial charge in [-0.2, -0.15) is 0 Å². The maximum atomic E-state index is 6.02. The third kappa shape index (κ3) is 2.74. The van der Waals surface area contributed by atoms with Crippen LogP contribution < -0.4 is 5.32 Å². The van der Waals surface area contributed by atoms with Crippen LogP contribution in [0.15, 0.2) is 30.3 Å². The number of nitrogens with one attached hydrogen (secondary N) is 1. The minimum absolute atomic E-state index is 0.104. The maximum Gasteiger partial charge on any atom is 0.0840 e. The van der Waals surface area contributed by atoms with Crippen LogP contribution in [-0.4, -0.2) is 31.4 Å². The molecule has 3 nitrogen and oxygen atoms in total. The van der Waals surface area contributed by atoms with Crippen LogP contribution in [0.1, 0.15) is 24.8 Å². The summed E-state index contributed by atoms with van der Waals surface area (Å²) in [4.78, 5) is 0. The van der Waals surface area contributed by atoms with Gasteiger partial charge in [0.15, 0.2) is 0 Å². The maximum absolute atomic E-state index is 6.02. The highest BCUT2D eigenvalue weighted by Crippen LogP contribution is 2.35. The van der Waals surface area contributed by atoms with Crippen molar-refractivity contribution < 1.29 is 9.47 Å². The van der Waals surface area contributed by atoms with E-state index < -0.39 is 0 Å². The number of hydrogen-bond acceptors (Lipinski definition) is 3. The highest BCUT2D eigenvalue weighted by atomic mass is 16.6. The first-order valence-corrected chi connectivity index (χ1v) is 6.87. The van der Waals surface area contributed by atoms with Crippen LogP contribution in [0, 0.1) is 0 Å². The van der Waals surface area contributed by atoms with Crippen LogP contribution >= 0.6 is 0 Å². The molecule has 1 aromatic carbocycles. The lowest BCUT2D eigenvalue weighted by molar-refractivity contribution is -0.0240. The zero-order chi connectivity index (χ0) is 12.3. The zero-order valence-electron chi connectivity index (χ0n) is 10.7. The van der Waals surface area contributed by atoms with Crippen LogP contribution in [0.4, 0.5) is 0 Å². The molecule has 2 heterocycles. The van der Waals surface area contributed by atoms with Crippen molar-refractivity contribution in [1.82, 2.24) is 5.32 Å². The predicted octanol–water partition coefficient (Wildman–Crippen LogP) is 2.11. The number of hydrogen-bond donors (Lipinski definition) is 1. The second-order valence-corrected chi connectivity index (χ2v) is 5.37. The lowest BCUT2D eigenvalue weighted by Crippen LogP contribution is -2.41. The van der Waals surface area contributed by atoms with E-state index in [2.05, 4.69) is 29.6 Å². The van der Waals surface area contributed by atoms with E-state index in [0.29, 0.717) is 6.61 Å². The molecule has 3 rings (SSSR count). The van der Waals surface area contributed by atoms with Crippen LogP contribution in [-0.2, 0) is 16.1 Å². The Morgan fingerprint density at radius 2 is 2.00 bits per heavy atom. The lowest BCUT2D eigenvalue weighted by Gasteiger charge is -2.32. The van der Waals surface area contributed by atoms with Crippen molar-refractivity contribution >= 4 is 0 Å². The smallest absolute Gasteiger partial charge is 0.0840 e. The fraction of sp³-hybridized carbons (Fsp3) is 0.600. The Balaban J connectivity index is 1.50. The third-order valence-corrected chi connectivity index (χ3v) is 4.02. The second kappa shape index (κ2) is 5.39. The molecule has 98 valence electrons. The van der Waals surface area contributed by atoms with Gasteiger partial charge in [-0.3, -0.25) is 0 Å². The fourth-order valence-corrected chi connectivity index (χ4v) is 2.93. The van der Waals surface area contributed by atoms with Crippen LogP contribution in [0.2, 0.25) is 0 Å². The largest absolute Gasteiger partial charge is 0.372 e. The number of ether oxygens (including phenoxy) is 2. The van der Waals surface area contributed by atoms with Crippen LogP contribution in [0.5, 0.6) is 0 Å². The molecule has 1 atom stereocenters. The Morgan fingerprint density at radius 1 is 1.22 bits per heavy atom. The summed E-state index contributed by atoms with van der Waals surface area (Å²) in [6, 6.07) is 10.4. The SMILES string of the molecule is c1ccc(CO[C@H]2COC3(CCNCC3)C2)cc1. The Bertz CT molecular complexity index is 373. The van der Waals surface area contributed by atoms with Gasteiger partial charge in [-0.25, -0.2) is 0 Å². The highest BCUT2D eigenvalue weighted by molar-refractivity contribution is 5.13. The van der Waals surface area contributed by atoms with Gasteiger partial charge in [0.2, 0.25) is 0 Å². The van der Waals surface area contributed by atoms with Gasteiger partial charge in [-0.05, 0) is 31.5 Å². The predicted molar refractivity (Wildman–Crippen MR) is 70.4 cm³/mol. The zero-order valence-corrected chi connectivity index (χ0v) is 10.7. The van der Waals surface area contributed by atoms with Gasteiger partial charge < -0.3 is 14.8 Å². The van der Waals surface area contributed by atoms with E-state index in [-0.39, 0.29) is 11.7 Å². The monoisotopic (exact) mass is 247 g/mol. The van der Waals surface area contributed by atoms with Crippen LogP contribution in [0.25, 0.3) is 0 Å². The van der Waals surface area contributed by atoms with Crippen molar-refractivity contribution in [1.29, 1.82) is 0 Å². The van der Waals surface area contributed by atoms with Crippen molar-refractivity contribution in [3.05, 3.63) is 35.9 Å².